The van der Waals surface area contributed by atoms with Gasteiger partial charge in [0.1, 0.15) is 11.6 Å². The molecule has 0 aliphatic carbocycles. The number of halogens is 1. The SMILES string of the molecule is CCCCC(CC)COC(=O)Oc1c2ccccc2c(OC(=O)OCC(CC)CCCC)c2cc(F)ccc12. The second-order valence-corrected chi connectivity index (χ2v) is 10.1. The third-order valence-corrected chi connectivity index (χ3v) is 7.22. The van der Waals surface area contributed by atoms with Crippen LogP contribution in [0, 0.1) is 17.7 Å². The molecule has 0 N–H and O–H groups in total. The Labute approximate surface area is 230 Å². The van der Waals surface area contributed by atoms with Gasteiger partial charge in [0.15, 0.2) is 5.75 Å². The Morgan fingerprint density at radius 1 is 0.692 bits per heavy atom. The van der Waals surface area contributed by atoms with Crippen LogP contribution in [0.1, 0.15) is 79.1 Å². The lowest BCUT2D eigenvalue weighted by atomic mass is 10.0. The topological polar surface area (TPSA) is 71.1 Å². The zero-order chi connectivity index (χ0) is 28.2. The molecule has 7 heteroatoms. The van der Waals surface area contributed by atoms with Gasteiger partial charge in [-0.15, -0.1) is 0 Å². The van der Waals surface area contributed by atoms with E-state index < -0.39 is 18.1 Å². The predicted octanol–water partition coefficient (Wildman–Crippen LogP) is 9.60. The molecule has 0 bridgehead atoms. The van der Waals surface area contributed by atoms with Gasteiger partial charge in [-0.2, -0.15) is 0 Å². The van der Waals surface area contributed by atoms with Crippen LogP contribution >= 0.6 is 0 Å². The first-order valence-corrected chi connectivity index (χ1v) is 14.2. The summed E-state index contributed by atoms with van der Waals surface area (Å²) in [5, 5.41) is 1.73. The van der Waals surface area contributed by atoms with Crippen molar-refractivity contribution in [3.05, 3.63) is 48.3 Å². The molecule has 0 saturated carbocycles. The van der Waals surface area contributed by atoms with E-state index in [1.807, 2.05) is 0 Å². The minimum Gasteiger partial charge on any atom is -0.434 e. The number of carbonyl (C=O) groups excluding carboxylic acids is 2. The van der Waals surface area contributed by atoms with Crippen LogP contribution in [0.4, 0.5) is 14.0 Å². The standard InChI is InChI=1S/C32H41FO6/c1-5-9-13-22(7-3)20-36-31(34)38-29-25-15-11-12-16-26(25)30(28-19-24(33)17-18-27(28)29)39-32(35)37-21-23(8-4)14-10-6-2/h11-12,15-19,22-23H,5-10,13-14,20-21H2,1-4H3. The van der Waals surface area contributed by atoms with Gasteiger partial charge in [0, 0.05) is 21.5 Å². The quantitative estimate of drug-likeness (QED) is 0.115. The molecule has 0 aromatic heterocycles. The fourth-order valence-corrected chi connectivity index (χ4v) is 4.69. The highest BCUT2D eigenvalue weighted by atomic mass is 19.1. The molecule has 2 unspecified atom stereocenters. The monoisotopic (exact) mass is 540 g/mol. The molecule has 6 nitrogen and oxygen atoms in total. The molecule has 0 saturated heterocycles. The van der Waals surface area contributed by atoms with Gasteiger partial charge < -0.3 is 18.9 Å². The van der Waals surface area contributed by atoms with E-state index in [1.165, 1.54) is 18.2 Å². The summed E-state index contributed by atoms with van der Waals surface area (Å²) < 4.78 is 36.7. The van der Waals surface area contributed by atoms with Crippen molar-refractivity contribution < 1.29 is 32.9 Å². The maximum atomic E-state index is 14.4. The van der Waals surface area contributed by atoms with Crippen molar-refractivity contribution in [1.29, 1.82) is 0 Å². The molecule has 39 heavy (non-hydrogen) atoms. The summed E-state index contributed by atoms with van der Waals surface area (Å²) in [6, 6.07) is 11.1. The molecular weight excluding hydrogens is 499 g/mol. The molecule has 0 radical (unpaired) electrons. The maximum Gasteiger partial charge on any atom is 0.513 e. The van der Waals surface area contributed by atoms with Crippen LogP contribution in [0.25, 0.3) is 21.5 Å². The third-order valence-electron chi connectivity index (χ3n) is 7.22. The van der Waals surface area contributed by atoms with Crippen LogP contribution in [0.15, 0.2) is 42.5 Å². The van der Waals surface area contributed by atoms with Gasteiger partial charge in [-0.1, -0.05) is 90.5 Å². The molecular formula is C32H41FO6. The van der Waals surface area contributed by atoms with E-state index >= 15 is 0 Å². The number of hydrogen-bond acceptors (Lipinski definition) is 6. The summed E-state index contributed by atoms with van der Waals surface area (Å²) in [6.07, 6.45) is 6.34. The fourth-order valence-electron chi connectivity index (χ4n) is 4.69. The average molecular weight is 541 g/mol. The summed E-state index contributed by atoms with van der Waals surface area (Å²) in [5.41, 5.74) is 0. The summed E-state index contributed by atoms with van der Waals surface area (Å²) >= 11 is 0. The van der Waals surface area contributed by atoms with Gasteiger partial charge >= 0.3 is 12.3 Å². The third kappa shape index (κ3) is 8.32. The van der Waals surface area contributed by atoms with Crippen LogP contribution in [0.5, 0.6) is 11.5 Å². The molecule has 3 rings (SSSR count). The van der Waals surface area contributed by atoms with Crippen LogP contribution in [0.2, 0.25) is 0 Å². The predicted molar refractivity (Wildman–Crippen MR) is 152 cm³/mol. The summed E-state index contributed by atoms with van der Waals surface area (Å²) in [5.74, 6) is 0.365. The van der Waals surface area contributed by atoms with E-state index in [2.05, 4.69) is 27.7 Å². The number of carbonyl (C=O) groups is 2. The van der Waals surface area contributed by atoms with Crippen molar-refractivity contribution in [1.82, 2.24) is 0 Å². The number of ether oxygens (including phenoxy) is 4. The molecule has 2 atom stereocenters. The zero-order valence-corrected chi connectivity index (χ0v) is 23.6. The Morgan fingerprint density at radius 3 is 1.62 bits per heavy atom. The van der Waals surface area contributed by atoms with Gasteiger partial charge in [-0.25, -0.2) is 14.0 Å². The van der Waals surface area contributed by atoms with Crippen molar-refractivity contribution in [3.8, 4) is 11.5 Å². The van der Waals surface area contributed by atoms with Crippen LogP contribution < -0.4 is 9.47 Å². The first-order chi connectivity index (χ1) is 18.9. The first kappa shape index (κ1) is 30.2. The summed E-state index contributed by atoms with van der Waals surface area (Å²) in [4.78, 5) is 25.5. The van der Waals surface area contributed by atoms with Gasteiger partial charge in [-0.3, -0.25) is 0 Å². The van der Waals surface area contributed by atoms with E-state index in [9.17, 15) is 14.0 Å². The van der Waals surface area contributed by atoms with Gasteiger partial charge in [0.05, 0.1) is 13.2 Å². The van der Waals surface area contributed by atoms with Crippen LogP contribution in [-0.2, 0) is 9.47 Å². The first-order valence-electron chi connectivity index (χ1n) is 14.2. The van der Waals surface area contributed by atoms with Crippen LogP contribution in [0.3, 0.4) is 0 Å². The highest BCUT2D eigenvalue weighted by Crippen LogP contribution is 2.43. The summed E-state index contributed by atoms with van der Waals surface area (Å²) in [6.45, 7) is 8.91. The second-order valence-electron chi connectivity index (χ2n) is 10.1. The zero-order valence-electron chi connectivity index (χ0n) is 23.6. The largest absolute Gasteiger partial charge is 0.513 e. The molecule has 3 aromatic rings. The van der Waals surface area contributed by atoms with Crippen molar-refractivity contribution in [2.75, 3.05) is 13.2 Å². The molecule has 0 amide bonds. The highest BCUT2D eigenvalue weighted by Gasteiger charge is 2.22. The number of fused-ring (bicyclic) bond motifs is 2. The Morgan fingerprint density at radius 2 is 1.15 bits per heavy atom. The molecule has 0 fully saturated rings. The lowest BCUT2D eigenvalue weighted by molar-refractivity contribution is 0.0805. The lowest BCUT2D eigenvalue weighted by Crippen LogP contribution is -2.18. The highest BCUT2D eigenvalue weighted by molar-refractivity contribution is 6.12. The molecule has 0 aliphatic rings. The lowest BCUT2D eigenvalue weighted by Gasteiger charge is -2.18. The smallest absolute Gasteiger partial charge is 0.434 e. The number of hydrogen-bond donors (Lipinski definition) is 0. The van der Waals surface area contributed by atoms with Gasteiger partial charge in [0.25, 0.3) is 0 Å². The van der Waals surface area contributed by atoms with E-state index in [0.29, 0.717) is 21.5 Å². The van der Waals surface area contributed by atoms with Gasteiger partial charge in [0.2, 0.25) is 0 Å². The van der Waals surface area contributed by atoms with E-state index in [4.69, 9.17) is 18.9 Å². The van der Waals surface area contributed by atoms with Crippen molar-refractivity contribution in [2.24, 2.45) is 11.8 Å². The van der Waals surface area contributed by atoms with Crippen LogP contribution in [-0.4, -0.2) is 25.5 Å². The number of benzene rings is 3. The second kappa shape index (κ2) is 15.3. The molecule has 0 spiro atoms. The maximum absolute atomic E-state index is 14.4. The van der Waals surface area contributed by atoms with Crippen molar-refractivity contribution in [2.45, 2.75) is 79.1 Å². The fraction of sp³-hybridized carbons (Fsp3) is 0.500. The Hall–Kier alpha value is -3.35. The Balaban J connectivity index is 1.89. The molecule has 0 aliphatic heterocycles. The minimum absolute atomic E-state index is 0.151. The number of rotatable bonds is 14. The molecule has 3 aromatic carbocycles. The van der Waals surface area contributed by atoms with E-state index in [0.717, 1.165) is 51.4 Å². The Kier molecular flexibility index (Phi) is 11.8. The molecule has 212 valence electrons. The Bertz CT molecular complexity index is 1240. The van der Waals surface area contributed by atoms with E-state index in [-0.39, 0.29) is 36.5 Å². The van der Waals surface area contributed by atoms with Crippen molar-refractivity contribution >= 4 is 33.9 Å². The normalized spacial score (nSPS) is 12.7. The molecule has 0 heterocycles. The number of unbranched alkanes of at least 4 members (excludes halogenated alkanes) is 2. The van der Waals surface area contributed by atoms with Gasteiger partial charge in [-0.05, 0) is 42.9 Å². The van der Waals surface area contributed by atoms with E-state index in [1.54, 1.807) is 24.3 Å². The average Bonchev–Trinajstić information content (AvgIpc) is 2.95. The summed E-state index contributed by atoms with van der Waals surface area (Å²) in [7, 11) is 0. The van der Waals surface area contributed by atoms with Crippen molar-refractivity contribution in [3.63, 3.8) is 0 Å². The minimum atomic E-state index is -0.855.